The van der Waals surface area contributed by atoms with Gasteiger partial charge in [0, 0.05) is 41.7 Å². The molecule has 2 aromatic carbocycles. The lowest BCUT2D eigenvalue weighted by Gasteiger charge is -2.28. The standard InChI is InChI=1S/C25H28FIN6O4/c1-33(24(35)31-13-18-7-4-8-21(26)20(18)10-27)19(14-30-23(34)11-28)15-37-25(36)32-22-9-16-5-2-3-6-17(16)12-29-22/h2-9,12,19H,10-11,13-15,28H2,1H3,(H,30,34)(H,31,35)(H,29,32,36)/t19-/m0/s1. The summed E-state index contributed by atoms with van der Waals surface area (Å²) in [4.78, 5) is 42.4. The number of nitrogens with two attached hydrogens (primary N) is 1. The largest absolute Gasteiger partial charge is 0.447 e. The second-order valence-electron chi connectivity index (χ2n) is 8.08. The van der Waals surface area contributed by atoms with Crippen molar-refractivity contribution < 1.29 is 23.5 Å². The number of pyridine rings is 1. The van der Waals surface area contributed by atoms with Crippen molar-refractivity contribution in [1.82, 2.24) is 20.5 Å². The number of carbonyl (C=O) groups is 3. The Morgan fingerprint density at radius 2 is 1.89 bits per heavy atom. The van der Waals surface area contributed by atoms with Crippen LogP contribution in [0, 0.1) is 5.82 Å². The van der Waals surface area contributed by atoms with Gasteiger partial charge in [0.15, 0.2) is 0 Å². The monoisotopic (exact) mass is 622 g/mol. The Bertz CT molecular complexity index is 1260. The third kappa shape index (κ3) is 7.98. The minimum atomic E-state index is -0.766. The van der Waals surface area contributed by atoms with Crippen LogP contribution in [0.2, 0.25) is 0 Å². The van der Waals surface area contributed by atoms with Gasteiger partial charge in [0.25, 0.3) is 0 Å². The van der Waals surface area contributed by atoms with Gasteiger partial charge in [-0.05, 0) is 23.1 Å². The fraction of sp³-hybridized carbons (Fsp3) is 0.280. The lowest BCUT2D eigenvalue weighted by atomic mass is 10.1. The van der Waals surface area contributed by atoms with Crippen molar-refractivity contribution >= 4 is 57.2 Å². The molecule has 0 aliphatic carbocycles. The number of carbonyl (C=O) groups excluding carboxylic acids is 3. The van der Waals surface area contributed by atoms with Crippen LogP contribution in [-0.4, -0.2) is 60.7 Å². The van der Waals surface area contributed by atoms with Crippen molar-refractivity contribution in [2.45, 2.75) is 17.0 Å². The molecular weight excluding hydrogens is 594 g/mol. The van der Waals surface area contributed by atoms with E-state index in [1.807, 2.05) is 24.3 Å². The highest BCUT2D eigenvalue weighted by atomic mass is 127. The second kappa shape index (κ2) is 13.7. The van der Waals surface area contributed by atoms with Gasteiger partial charge in [-0.2, -0.15) is 0 Å². The molecule has 0 bridgehead atoms. The molecule has 0 aliphatic heterocycles. The third-order valence-corrected chi connectivity index (χ3v) is 6.40. The Morgan fingerprint density at radius 1 is 1.14 bits per heavy atom. The van der Waals surface area contributed by atoms with Crippen LogP contribution in [0.4, 0.5) is 19.8 Å². The number of fused-ring (bicyclic) bond motifs is 1. The number of alkyl halides is 1. The number of likely N-dealkylation sites (N-methyl/N-ethyl adjacent to an activating group) is 1. The predicted molar refractivity (Wildman–Crippen MR) is 147 cm³/mol. The Labute approximate surface area is 227 Å². The van der Waals surface area contributed by atoms with Crippen molar-refractivity contribution in [3.05, 3.63) is 71.7 Å². The summed E-state index contributed by atoms with van der Waals surface area (Å²) < 4.78 is 19.8. The lowest BCUT2D eigenvalue weighted by Crippen LogP contribution is -2.51. The van der Waals surface area contributed by atoms with E-state index in [1.165, 1.54) is 18.0 Å². The summed E-state index contributed by atoms with van der Waals surface area (Å²) in [5.41, 5.74) is 6.52. The van der Waals surface area contributed by atoms with Crippen molar-refractivity contribution in [1.29, 1.82) is 0 Å². The first-order valence-electron chi connectivity index (χ1n) is 11.4. The van der Waals surface area contributed by atoms with Crippen LogP contribution in [0.5, 0.6) is 0 Å². The van der Waals surface area contributed by atoms with Gasteiger partial charge in [-0.15, -0.1) is 0 Å². The molecule has 3 aromatic rings. The summed E-state index contributed by atoms with van der Waals surface area (Å²) in [5.74, 6) is -0.448. The Kier molecular flexibility index (Phi) is 10.4. The third-order valence-electron chi connectivity index (χ3n) is 5.64. The molecule has 1 heterocycles. The van der Waals surface area contributed by atoms with Gasteiger partial charge in [0.2, 0.25) is 5.91 Å². The van der Waals surface area contributed by atoms with Crippen LogP contribution in [0.15, 0.2) is 54.7 Å². The summed E-state index contributed by atoms with van der Waals surface area (Å²) in [6.07, 6.45) is 0.870. The Balaban J connectivity index is 1.61. The molecule has 0 radical (unpaired) electrons. The van der Waals surface area contributed by atoms with Gasteiger partial charge < -0.3 is 26.0 Å². The van der Waals surface area contributed by atoms with E-state index in [0.717, 1.165) is 10.8 Å². The summed E-state index contributed by atoms with van der Waals surface area (Å²) in [5, 5.41) is 9.73. The molecule has 3 rings (SSSR count). The van der Waals surface area contributed by atoms with Crippen LogP contribution in [0.1, 0.15) is 11.1 Å². The number of nitrogens with one attached hydrogen (secondary N) is 3. The number of urea groups is 1. The maximum absolute atomic E-state index is 14.0. The highest BCUT2D eigenvalue weighted by Crippen LogP contribution is 2.18. The van der Waals surface area contributed by atoms with Gasteiger partial charge in [0.1, 0.15) is 18.2 Å². The van der Waals surface area contributed by atoms with Crippen LogP contribution < -0.4 is 21.7 Å². The number of anilines is 1. The average molecular weight is 622 g/mol. The quantitative estimate of drug-likeness (QED) is 0.203. The van der Waals surface area contributed by atoms with Crippen molar-refractivity contribution in [3.8, 4) is 0 Å². The molecule has 1 atom stereocenters. The van der Waals surface area contributed by atoms with E-state index in [4.69, 9.17) is 10.5 Å². The number of ether oxygens (including phenoxy) is 1. The van der Waals surface area contributed by atoms with E-state index < -0.39 is 24.1 Å². The van der Waals surface area contributed by atoms with Crippen molar-refractivity contribution in [2.24, 2.45) is 5.73 Å². The maximum atomic E-state index is 14.0. The first-order valence-corrected chi connectivity index (χ1v) is 12.9. The van der Waals surface area contributed by atoms with Crippen molar-refractivity contribution in [3.63, 3.8) is 0 Å². The molecule has 1 aromatic heterocycles. The normalized spacial score (nSPS) is 11.5. The summed E-state index contributed by atoms with van der Waals surface area (Å²) in [6.45, 7) is -0.333. The molecule has 0 spiro atoms. The molecule has 0 fully saturated rings. The first-order chi connectivity index (χ1) is 17.8. The average Bonchev–Trinajstić information content (AvgIpc) is 2.91. The number of nitrogens with zero attached hydrogens (tertiary/aromatic N) is 2. The van der Waals surface area contributed by atoms with Crippen LogP contribution in [-0.2, 0) is 20.5 Å². The number of aromatic nitrogens is 1. The minimum Gasteiger partial charge on any atom is -0.447 e. The zero-order valence-corrected chi connectivity index (χ0v) is 22.3. The molecule has 196 valence electrons. The molecule has 37 heavy (non-hydrogen) atoms. The first kappa shape index (κ1) is 28.1. The zero-order valence-electron chi connectivity index (χ0n) is 20.2. The number of amides is 4. The van der Waals surface area contributed by atoms with E-state index in [0.29, 0.717) is 21.4 Å². The van der Waals surface area contributed by atoms with Crippen molar-refractivity contribution in [2.75, 3.05) is 32.1 Å². The fourth-order valence-electron chi connectivity index (χ4n) is 3.46. The SMILES string of the molecule is CN(C(=O)NCc1cccc(F)c1CI)[C@@H](CNC(=O)CN)COC(=O)Nc1cc2ccccc2cn1. The molecule has 0 unspecified atom stereocenters. The topological polar surface area (TPSA) is 139 Å². The molecule has 12 heteroatoms. The number of benzene rings is 2. The van der Waals surface area contributed by atoms with E-state index >= 15 is 0 Å². The van der Waals surface area contributed by atoms with Gasteiger partial charge in [-0.25, -0.2) is 19.0 Å². The van der Waals surface area contributed by atoms with Gasteiger partial charge in [-0.1, -0.05) is 59.0 Å². The van der Waals surface area contributed by atoms with Crippen LogP contribution in [0.25, 0.3) is 10.8 Å². The minimum absolute atomic E-state index is 0.000420. The number of hydrogen-bond donors (Lipinski definition) is 4. The molecular formula is C25H28FIN6O4. The maximum Gasteiger partial charge on any atom is 0.412 e. The molecule has 10 nitrogen and oxygen atoms in total. The Hall–Kier alpha value is -3.52. The highest BCUT2D eigenvalue weighted by molar-refractivity contribution is 14.1. The highest BCUT2D eigenvalue weighted by Gasteiger charge is 2.23. The zero-order chi connectivity index (χ0) is 26.8. The summed E-state index contributed by atoms with van der Waals surface area (Å²) in [7, 11) is 1.51. The fourth-order valence-corrected chi connectivity index (χ4v) is 4.31. The van der Waals surface area contributed by atoms with E-state index in [1.54, 1.807) is 24.4 Å². The van der Waals surface area contributed by atoms with Crippen LogP contribution in [0.3, 0.4) is 0 Å². The smallest absolute Gasteiger partial charge is 0.412 e. The summed E-state index contributed by atoms with van der Waals surface area (Å²) in [6, 6.07) is 12.8. The number of halogens is 2. The molecule has 0 aliphatic rings. The lowest BCUT2D eigenvalue weighted by molar-refractivity contribution is -0.119. The number of hydrogen-bond acceptors (Lipinski definition) is 6. The second-order valence-corrected chi connectivity index (χ2v) is 8.85. The predicted octanol–water partition coefficient (Wildman–Crippen LogP) is 3.14. The van der Waals surface area contributed by atoms with Gasteiger partial charge >= 0.3 is 12.1 Å². The van der Waals surface area contributed by atoms with E-state index in [-0.39, 0.29) is 32.1 Å². The molecule has 4 amide bonds. The van der Waals surface area contributed by atoms with E-state index in [9.17, 15) is 18.8 Å². The van der Waals surface area contributed by atoms with E-state index in [2.05, 4.69) is 43.5 Å². The molecule has 0 saturated heterocycles. The van der Waals surface area contributed by atoms with Crippen LogP contribution >= 0.6 is 22.6 Å². The van der Waals surface area contributed by atoms with Gasteiger partial charge in [0.05, 0.1) is 12.6 Å². The Morgan fingerprint density at radius 3 is 2.62 bits per heavy atom. The number of rotatable bonds is 10. The molecule has 5 N–H and O–H groups in total. The molecule has 0 saturated carbocycles. The summed E-state index contributed by atoms with van der Waals surface area (Å²) >= 11 is 2.06. The van der Waals surface area contributed by atoms with Gasteiger partial charge in [-0.3, -0.25) is 10.1 Å².